The SMILES string of the molecule is O=C(c1ccc([N+](=O)[O-])o1)N1CC(c2nc(-c3ccncc3)no2)C1. The number of carbonyl (C=O) groups is 1. The highest BCUT2D eigenvalue weighted by Gasteiger charge is 2.37. The molecule has 1 saturated heterocycles. The lowest BCUT2D eigenvalue weighted by Gasteiger charge is -2.36. The zero-order chi connectivity index (χ0) is 17.4. The summed E-state index contributed by atoms with van der Waals surface area (Å²) in [6.07, 6.45) is 3.27. The number of hydrogen-bond acceptors (Lipinski definition) is 8. The first-order valence-corrected chi connectivity index (χ1v) is 7.39. The molecular weight excluding hydrogens is 330 g/mol. The van der Waals surface area contributed by atoms with E-state index in [0.717, 1.165) is 11.6 Å². The molecule has 10 heteroatoms. The quantitative estimate of drug-likeness (QED) is 0.519. The van der Waals surface area contributed by atoms with Crippen molar-refractivity contribution in [2.75, 3.05) is 13.1 Å². The van der Waals surface area contributed by atoms with E-state index in [4.69, 9.17) is 8.94 Å². The van der Waals surface area contributed by atoms with Crippen molar-refractivity contribution in [2.45, 2.75) is 5.92 Å². The summed E-state index contributed by atoms with van der Waals surface area (Å²) in [5, 5.41) is 14.5. The third-order valence-electron chi connectivity index (χ3n) is 3.88. The second-order valence-corrected chi connectivity index (χ2v) is 5.49. The maximum absolute atomic E-state index is 12.2. The Bertz CT molecular complexity index is 929. The number of furan rings is 1. The van der Waals surface area contributed by atoms with E-state index in [1.54, 1.807) is 24.5 Å². The molecule has 0 bridgehead atoms. The normalized spacial score (nSPS) is 14.3. The van der Waals surface area contributed by atoms with Gasteiger partial charge in [0.2, 0.25) is 11.7 Å². The summed E-state index contributed by atoms with van der Waals surface area (Å²) in [7, 11) is 0. The van der Waals surface area contributed by atoms with Crippen molar-refractivity contribution in [3.63, 3.8) is 0 Å². The van der Waals surface area contributed by atoms with Crippen LogP contribution in [0.15, 0.2) is 45.6 Å². The van der Waals surface area contributed by atoms with Gasteiger partial charge in [0.1, 0.15) is 4.92 Å². The lowest BCUT2D eigenvalue weighted by Crippen LogP contribution is -2.48. The van der Waals surface area contributed by atoms with E-state index >= 15 is 0 Å². The predicted molar refractivity (Wildman–Crippen MR) is 81.5 cm³/mol. The Hall–Kier alpha value is -3.56. The molecule has 25 heavy (non-hydrogen) atoms. The first-order valence-electron chi connectivity index (χ1n) is 7.39. The molecular formula is C15H11N5O5. The van der Waals surface area contributed by atoms with Gasteiger partial charge in [0.25, 0.3) is 5.91 Å². The molecule has 0 aliphatic carbocycles. The van der Waals surface area contributed by atoms with E-state index in [-0.39, 0.29) is 11.7 Å². The number of nitro groups is 1. The van der Waals surface area contributed by atoms with Gasteiger partial charge >= 0.3 is 5.88 Å². The van der Waals surface area contributed by atoms with Gasteiger partial charge in [-0.05, 0) is 18.2 Å². The average Bonchev–Trinajstić information content (AvgIpc) is 3.24. The largest absolute Gasteiger partial charge is 0.433 e. The Kier molecular flexibility index (Phi) is 3.49. The molecule has 10 nitrogen and oxygen atoms in total. The highest BCUT2D eigenvalue weighted by molar-refractivity contribution is 5.92. The van der Waals surface area contributed by atoms with Gasteiger partial charge in [-0.15, -0.1) is 0 Å². The van der Waals surface area contributed by atoms with Gasteiger partial charge in [-0.2, -0.15) is 4.98 Å². The molecule has 0 spiro atoms. The second-order valence-electron chi connectivity index (χ2n) is 5.49. The summed E-state index contributed by atoms with van der Waals surface area (Å²) < 4.78 is 10.2. The predicted octanol–water partition coefficient (Wildman–Crippen LogP) is 1.87. The highest BCUT2D eigenvalue weighted by atomic mass is 16.6. The van der Waals surface area contributed by atoms with Crippen molar-refractivity contribution in [1.82, 2.24) is 20.0 Å². The number of nitrogens with zero attached hydrogens (tertiary/aromatic N) is 5. The minimum Gasteiger partial charge on any atom is -0.395 e. The molecule has 0 unspecified atom stereocenters. The monoisotopic (exact) mass is 341 g/mol. The van der Waals surface area contributed by atoms with E-state index in [2.05, 4.69) is 15.1 Å². The van der Waals surface area contributed by atoms with Crippen molar-refractivity contribution in [1.29, 1.82) is 0 Å². The van der Waals surface area contributed by atoms with E-state index in [0.29, 0.717) is 24.8 Å². The maximum atomic E-state index is 12.2. The molecule has 0 aromatic carbocycles. The van der Waals surface area contributed by atoms with Crippen LogP contribution in [0.5, 0.6) is 0 Å². The standard InChI is InChI=1S/C15H11N5O5/c21-15(11-1-2-12(24-11)20(22)23)19-7-10(8-19)14-17-13(18-25-14)9-3-5-16-6-4-9/h1-6,10H,7-8H2. The molecule has 1 aliphatic rings. The Morgan fingerprint density at radius 3 is 2.68 bits per heavy atom. The van der Waals surface area contributed by atoms with Crippen molar-refractivity contribution in [3.8, 4) is 11.4 Å². The van der Waals surface area contributed by atoms with Crippen LogP contribution in [0.1, 0.15) is 22.4 Å². The van der Waals surface area contributed by atoms with Gasteiger partial charge in [0.15, 0.2) is 5.76 Å². The number of pyridine rings is 1. The van der Waals surface area contributed by atoms with Crippen molar-refractivity contribution in [3.05, 3.63) is 58.4 Å². The Labute approximate surface area is 140 Å². The van der Waals surface area contributed by atoms with Gasteiger partial charge in [-0.25, -0.2) is 0 Å². The molecule has 126 valence electrons. The van der Waals surface area contributed by atoms with Crippen LogP contribution in [-0.4, -0.2) is 43.9 Å². The van der Waals surface area contributed by atoms with Crippen molar-refractivity contribution < 1.29 is 18.7 Å². The third-order valence-corrected chi connectivity index (χ3v) is 3.88. The van der Waals surface area contributed by atoms with Crippen LogP contribution in [0.3, 0.4) is 0 Å². The van der Waals surface area contributed by atoms with Crippen LogP contribution in [0.4, 0.5) is 5.88 Å². The smallest absolute Gasteiger partial charge is 0.395 e. The molecule has 1 fully saturated rings. The van der Waals surface area contributed by atoms with Gasteiger partial charge in [0, 0.05) is 31.0 Å². The van der Waals surface area contributed by atoms with Crippen LogP contribution in [0.25, 0.3) is 11.4 Å². The lowest BCUT2D eigenvalue weighted by atomic mass is 10.00. The molecule has 0 atom stereocenters. The molecule has 4 heterocycles. The summed E-state index contributed by atoms with van der Waals surface area (Å²) in [6.45, 7) is 0.761. The minimum absolute atomic E-state index is 0.0619. The summed E-state index contributed by atoms with van der Waals surface area (Å²) in [5.74, 6) is -0.0900. The number of rotatable bonds is 4. The van der Waals surface area contributed by atoms with Crippen LogP contribution < -0.4 is 0 Å². The number of carbonyl (C=O) groups excluding carboxylic acids is 1. The highest BCUT2D eigenvalue weighted by Crippen LogP contribution is 2.29. The lowest BCUT2D eigenvalue weighted by molar-refractivity contribution is -0.402. The average molecular weight is 341 g/mol. The summed E-state index contributed by atoms with van der Waals surface area (Å²) in [6, 6.07) is 6.00. The molecule has 0 radical (unpaired) electrons. The van der Waals surface area contributed by atoms with Crippen LogP contribution in [0.2, 0.25) is 0 Å². The number of aromatic nitrogens is 3. The molecule has 1 aliphatic heterocycles. The first kappa shape index (κ1) is 15.0. The topological polar surface area (TPSA) is 128 Å². The van der Waals surface area contributed by atoms with Crippen molar-refractivity contribution >= 4 is 11.8 Å². The van der Waals surface area contributed by atoms with Crippen LogP contribution in [0, 0.1) is 10.1 Å². The van der Waals surface area contributed by atoms with Gasteiger partial charge < -0.3 is 13.8 Å². The van der Waals surface area contributed by atoms with Gasteiger partial charge in [0.05, 0.1) is 12.0 Å². The summed E-state index contributed by atoms with van der Waals surface area (Å²) in [4.78, 5) is 31.9. The Morgan fingerprint density at radius 1 is 1.24 bits per heavy atom. The maximum Gasteiger partial charge on any atom is 0.433 e. The minimum atomic E-state index is -0.686. The zero-order valence-corrected chi connectivity index (χ0v) is 12.7. The molecule has 3 aromatic rings. The number of likely N-dealkylation sites (tertiary alicyclic amines) is 1. The number of amides is 1. The fourth-order valence-electron chi connectivity index (χ4n) is 2.52. The van der Waals surface area contributed by atoms with E-state index in [9.17, 15) is 14.9 Å². The van der Waals surface area contributed by atoms with Crippen LogP contribution >= 0.6 is 0 Å². The number of hydrogen-bond donors (Lipinski definition) is 0. The molecule has 3 aromatic heterocycles. The fourth-order valence-corrected chi connectivity index (χ4v) is 2.52. The van der Waals surface area contributed by atoms with Crippen molar-refractivity contribution in [2.24, 2.45) is 0 Å². The molecule has 1 amide bonds. The third kappa shape index (κ3) is 2.73. The Balaban J connectivity index is 1.41. The summed E-state index contributed by atoms with van der Waals surface area (Å²) >= 11 is 0. The summed E-state index contributed by atoms with van der Waals surface area (Å²) in [5.41, 5.74) is 0.792. The van der Waals surface area contributed by atoms with E-state index < -0.39 is 16.7 Å². The van der Waals surface area contributed by atoms with Gasteiger partial charge in [-0.3, -0.25) is 19.9 Å². The first-order chi connectivity index (χ1) is 12.1. The second kappa shape index (κ2) is 5.82. The van der Waals surface area contributed by atoms with E-state index in [1.807, 2.05) is 0 Å². The molecule has 0 saturated carbocycles. The van der Waals surface area contributed by atoms with E-state index in [1.165, 1.54) is 11.0 Å². The zero-order valence-electron chi connectivity index (χ0n) is 12.7. The Morgan fingerprint density at radius 2 is 2.00 bits per heavy atom. The van der Waals surface area contributed by atoms with Crippen LogP contribution in [-0.2, 0) is 0 Å². The molecule has 4 rings (SSSR count). The fraction of sp³-hybridized carbons (Fsp3) is 0.200. The molecule has 0 N–H and O–H groups in total. The van der Waals surface area contributed by atoms with Gasteiger partial charge in [-0.1, -0.05) is 5.16 Å².